The highest BCUT2D eigenvalue weighted by Crippen LogP contribution is 2.36. The molecule has 21 heavy (non-hydrogen) atoms. The van der Waals surface area contributed by atoms with Crippen molar-refractivity contribution < 1.29 is 0 Å². The molecule has 1 N–H and O–H groups in total. The third-order valence-corrected chi connectivity index (χ3v) is 5.39. The van der Waals surface area contributed by atoms with Crippen molar-refractivity contribution in [2.45, 2.75) is 26.2 Å². The van der Waals surface area contributed by atoms with E-state index in [9.17, 15) is 4.79 Å². The van der Waals surface area contributed by atoms with E-state index in [2.05, 4.69) is 11.9 Å². The number of fused-ring (bicyclic) bond motifs is 3. The number of hydrogen-bond acceptors (Lipinski definition) is 3. The highest BCUT2D eigenvalue weighted by molar-refractivity contribution is 7.18. The van der Waals surface area contributed by atoms with E-state index in [0.29, 0.717) is 11.7 Å². The SMILES string of the molecule is C[C@H]1CCc2sc3nc(-c4ccccc4)[nH]c(=O)c3c2C1. The Morgan fingerprint density at radius 1 is 1.29 bits per heavy atom. The van der Waals surface area contributed by atoms with E-state index in [1.165, 1.54) is 16.9 Å². The van der Waals surface area contributed by atoms with Gasteiger partial charge in [-0.15, -0.1) is 11.3 Å². The Kier molecular flexibility index (Phi) is 2.93. The number of nitrogens with one attached hydrogen (secondary N) is 1. The molecule has 1 aliphatic carbocycles. The molecule has 2 heterocycles. The molecule has 0 radical (unpaired) electrons. The fourth-order valence-electron chi connectivity index (χ4n) is 3.09. The maximum Gasteiger partial charge on any atom is 0.260 e. The van der Waals surface area contributed by atoms with Crippen LogP contribution in [0.1, 0.15) is 23.8 Å². The zero-order chi connectivity index (χ0) is 14.4. The Morgan fingerprint density at radius 3 is 2.90 bits per heavy atom. The van der Waals surface area contributed by atoms with E-state index < -0.39 is 0 Å². The number of hydrogen-bond donors (Lipinski definition) is 1. The van der Waals surface area contributed by atoms with E-state index >= 15 is 0 Å². The predicted octanol–water partition coefficient (Wildman–Crippen LogP) is 3.78. The molecule has 0 saturated heterocycles. The Morgan fingerprint density at radius 2 is 2.10 bits per heavy atom. The molecule has 2 aromatic heterocycles. The van der Waals surface area contributed by atoms with Gasteiger partial charge in [0.1, 0.15) is 10.7 Å². The minimum atomic E-state index is 0.00505. The molecule has 1 atom stereocenters. The lowest BCUT2D eigenvalue weighted by atomic mass is 9.89. The Balaban J connectivity index is 1.94. The van der Waals surface area contributed by atoms with Crippen LogP contribution in [0.2, 0.25) is 0 Å². The number of thiophene rings is 1. The van der Waals surface area contributed by atoms with Crippen molar-refractivity contribution in [2.75, 3.05) is 0 Å². The van der Waals surface area contributed by atoms with Gasteiger partial charge >= 0.3 is 0 Å². The van der Waals surface area contributed by atoms with Crippen LogP contribution in [0.15, 0.2) is 35.1 Å². The van der Waals surface area contributed by atoms with Crippen LogP contribution >= 0.6 is 11.3 Å². The van der Waals surface area contributed by atoms with Crippen LogP contribution in [0.5, 0.6) is 0 Å². The lowest BCUT2D eigenvalue weighted by Crippen LogP contribution is -2.14. The normalized spacial score (nSPS) is 17.9. The van der Waals surface area contributed by atoms with Crippen molar-refractivity contribution >= 4 is 21.6 Å². The summed E-state index contributed by atoms with van der Waals surface area (Å²) in [6.07, 6.45) is 3.30. The molecule has 0 spiro atoms. The topological polar surface area (TPSA) is 45.8 Å². The van der Waals surface area contributed by atoms with Crippen molar-refractivity contribution in [3.63, 3.8) is 0 Å². The van der Waals surface area contributed by atoms with Gasteiger partial charge < -0.3 is 4.98 Å². The maximum atomic E-state index is 12.5. The van der Waals surface area contributed by atoms with Crippen molar-refractivity contribution in [1.29, 1.82) is 0 Å². The summed E-state index contributed by atoms with van der Waals surface area (Å²) in [4.78, 5) is 22.4. The van der Waals surface area contributed by atoms with Crippen LogP contribution in [0, 0.1) is 5.92 Å². The first-order valence-electron chi connectivity index (χ1n) is 7.32. The summed E-state index contributed by atoms with van der Waals surface area (Å²) in [6.45, 7) is 2.26. The Bertz CT molecular complexity index is 864. The van der Waals surface area contributed by atoms with Gasteiger partial charge in [-0.1, -0.05) is 37.3 Å². The number of aromatic amines is 1. The first-order chi connectivity index (χ1) is 10.2. The molecular formula is C17H16N2OS. The third kappa shape index (κ3) is 2.10. The van der Waals surface area contributed by atoms with Gasteiger partial charge in [0.25, 0.3) is 5.56 Å². The van der Waals surface area contributed by atoms with E-state index in [4.69, 9.17) is 4.98 Å². The van der Waals surface area contributed by atoms with Gasteiger partial charge in [0, 0.05) is 10.4 Å². The molecule has 106 valence electrons. The molecule has 3 aromatic rings. The van der Waals surface area contributed by atoms with E-state index in [-0.39, 0.29) is 5.56 Å². The largest absolute Gasteiger partial charge is 0.306 e. The molecule has 4 rings (SSSR count). The summed E-state index contributed by atoms with van der Waals surface area (Å²) in [6, 6.07) is 9.83. The number of nitrogens with zero attached hydrogens (tertiary/aromatic N) is 1. The fourth-order valence-corrected chi connectivity index (χ4v) is 4.31. The Hall–Kier alpha value is -1.94. The van der Waals surface area contributed by atoms with Crippen molar-refractivity contribution in [2.24, 2.45) is 5.92 Å². The monoisotopic (exact) mass is 296 g/mol. The number of aromatic nitrogens is 2. The number of benzene rings is 1. The zero-order valence-electron chi connectivity index (χ0n) is 11.8. The van der Waals surface area contributed by atoms with Gasteiger partial charge in [0.05, 0.1) is 5.39 Å². The first kappa shape index (κ1) is 12.8. The van der Waals surface area contributed by atoms with Crippen LogP contribution < -0.4 is 5.56 Å². The second-order valence-corrected chi connectivity index (χ2v) is 6.90. The average molecular weight is 296 g/mol. The van der Waals surface area contributed by atoms with Gasteiger partial charge in [-0.05, 0) is 30.7 Å². The van der Waals surface area contributed by atoms with Gasteiger partial charge in [-0.2, -0.15) is 0 Å². The smallest absolute Gasteiger partial charge is 0.260 e. The molecule has 1 aromatic carbocycles. The van der Waals surface area contributed by atoms with Gasteiger partial charge in [-0.3, -0.25) is 4.79 Å². The summed E-state index contributed by atoms with van der Waals surface area (Å²) in [7, 11) is 0. The van der Waals surface area contributed by atoms with Crippen LogP contribution in [0.3, 0.4) is 0 Å². The molecule has 0 amide bonds. The lowest BCUT2D eigenvalue weighted by Gasteiger charge is -2.17. The van der Waals surface area contributed by atoms with E-state index in [1.54, 1.807) is 11.3 Å². The van der Waals surface area contributed by atoms with Crippen molar-refractivity contribution in [3.8, 4) is 11.4 Å². The molecule has 0 unspecified atom stereocenters. The number of rotatable bonds is 1. The Labute approximate surface area is 126 Å². The molecule has 0 bridgehead atoms. The van der Waals surface area contributed by atoms with Crippen LogP contribution in [0.25, 0.3) is 21.6 Å². The third-order valence-electron chi connectivity index (χ3n) is 4.21. The summed E-state index contributed by atoms with van der Waals surface area (Å²) >= 11 is 1.69. The standard InChI is InChI=1S/C17H16N2OS/c1-10-7-8-13-12(9-10)14-16(20)18-15(19-17(14)21-13)11-5-3-2-4-6-11/h2-6,10H,7-9H2,1H3,(H,18,19,20)/t10-/m0/s1. The van der Waals surface area contributed by atoms with E-state index in [1.807, 2.05) is 30.3 Å². The molecule has 0 saturated carbocycles. The number of H-pyrrole nitrogens is 1. The van der Waals surface area contributed by atoms with E-state index in [0.717, 1.165) is 28.6 Å². The minimum Gasteiger partial charge on any atom is -0.306 e. The summed E-state index contributed by atoms with van der Waals surface area (Å²) in [5, 5.41) is 0.821. The van der Waals surface area contributed by atoms with Gasteiger partial charge in [-0.25, -0.2) is 4.98 Å². The second kappa shape index (κ2) is 4.81. The quantitative estimate of drug-likeness (QED) is 0.743. The molecule has 4 heteroatoms. The molecule has 0 aliphatic heterocycles. The highest BCUT2D eigenvalue weighted by Gasteiger charge is 2.23. The minimum absolute atomic E-state index is 0.00505. The highest BCUT2D eigenvalue weighted by atomic mass is 32.1. The molecule has 3 nitrogen and oxygen atoms in total. The first-order valence-corrected chi connectivity index (χ1v) is 8.14. The van der Waals surface area contributed by atoms with Crippen molar-refractivity contribution in [1.82, 2.24) is 9.97 Å². The molecular weight excluding hydrogens is 280 g/mol. The average Bonchev–Trinajstić information content (AvgIpc) is 2.86. The van der Waals surface area contributed by atoms with Crippen molar-refractivity contribution in [3.05, 3.63) is 51.1 Å². The summed E-state index contributed by atoms with van der Waals surface area (Å²) in [5.74, 6) is 1.32. The lowest BCUT2D eigenvalue weighted by molar-refractivity contribution is 0.508. The van der Waals surface area contributed by atoms with Crippen LogP contribution in [-0.4, -0.2) is 9.97 Å². The van der Waals surface area contributed by atoms with Gasteiger partial charge in [0.15, 0.2) is 0 Å². The summed E-state index contributed by atoms with van der Waals surface area (Å²) < 4.78 is 0. The maximum absolute atomic E-state index is 12.5. The zero-order valence-corrected chi connectivity index (χ0v) is 12.7. The second-order valence-electron chi connectivity index (χ2n) is 5.81. The van der Waals surface area contributed by atoms with Crippen LogP contribution in [0.4, 0.5) is 0 Å². The predicted molar refractivity (Wildman–Crippen MR) is 86.9 cm³/mol. The van der Waals surface area contributed by atoms with Gasteiger partial charge in [0.2, 0.25) is 0 Å². The molecule has 1 aliphatic rings. The number of aryl methyl sites for hydroxylation is 1. The molecule has 0 fully saturated rings. The summed E-state index contributed by atoms with van der Waals surface area (Å²) in [5.41, 5.74) is 2.20. The van der Waals surface area contributed by atoms with Crippen LogP contribution in [-0.2, 0) is 12.8 Å². The fraction of sp³-hybridized carbons (Fsp3) is 0.294.